The van der Waals surface area contributed by atoms with Gasteiger partial charge in [0.2, 0.25) is 0 Å². The van der Waals surface area contributed by atoms with Gasteiger partial charge < -0.3 is 14.2 Å². The Hall–Kier alpha value is -2.49. The molecule has 0 atom stereocenters. The van der Waals surface area contributed by atoms with Gasteiger partial charge in [-0.3, -0.25) is 0 Å². The summed E-state index contributed by atoms with van der Waals surface area (Å²) in [5.41, 5.74) is 0. The maximum Gasteiger partial charge on any atom is 0.389 e. The summed E-state index contributed by atoms with van der Waals surface area (Å²) in [6, 6.07) is 18.0. The number of esters is 1. The van der Waals surface area contributed by atoms with E-state index >= 15 is 0 Å². The zero-order chi connectivity index (χ0) is 15.1. The van der Waals surface area contributed by atoms with Crippen molar-refractivity contribution in [3.8, 4) is 11.5 Å². The SMILES string of the molecule is CC(C)OC(=O)C(Oc1ccccc1)Oc1ccccc1. The molecule has 2 rings (SSSR count). The largest absolute Gasteiger partial charge is 0.457 e. The average Bonchev–Trinajstić information content (AvgIpc) is 2.48. The van der Waals surface area contributed by atoms with Crippen LogP contribution in [0.15, 0.2) is 60.7 Å². The fourth-order valence-electron chi connectivity index (χ4n) is 1.65. The van der Waals surface area contributed by atoms with Crippen LogP contribution < -0.4 is 9.47 Å². The van der Waals surface area contributed by atoms with Gasteiger partial charge in [0.05, 0.1) is 6.10 Å². The van der Waals surface area contributed by atoms with Crippen LogP contribution in [0.2, 0.25) is 0 Å². The lowest BCUT2D eigenvalue weighted by atomic mass is 10.3. The van der Waals surface area contributed by atoms with Gasteiger partial charge in [-0.2, -0.15) is 0 Å². The van der Waals surface area contributed by atoms with Crippen LogP contribution in [0.5, 0.6) is 11.5 Å². The first-order valence-electron chi connectivity index (χ1n) is 6.79. The highest BCUT2D eigenvalue weighted by molar-refractivity contribution is 5.74. The molecule has 0 amide bonds. The summed E-state index contributed by atoms with van der Waals surface area (Å²) in [6.45, 7) is 3.56. The molecule has 0 unspecified atom stereocenters. The van der Waals surface area contributed by atoms with Gasteiger partial charge in [-0.05, 0) is 38.1 Å². The Morgan fingerprint density at radius 3 is 1.62 bits per heavy atom. The van der Waals surface area contributed by atoms with Gasteiger partial charge in [-0.25, -0.2) is 4.79 Å². The monoisotopic (exact) mass is 286 g/mol. The third-order valence-corrected chi connectivity index (χ3v) is 2.52. The van der Waals surface area contributed by atoms with Gasteiger partial charge in [0.25, 0.3) is 0 Å². The first-order valence-corrected chi connectivity index (χ1v) is 6.79. The standard InChI is InChI=1S/C17H18O4/c1-13(2)19-16(18)17(20-14-9-5-3-6-10-14)21-15-11-7-4-8-12-15/h3-13,17H,1-2H3. The molecule has 0 spiro atoms. The lowest BCUT2D eigenvalue weighted by Crippen LogP contribution is -2.36. The summed E-state index contributed by atoms with van der Waals surface area (Å²) in [6.07, 6.45) is -1.38. The number of carbonyl (C=O) groups is 1. The number of ether oxygens (including phenoxy) is 3. The van der Waals surface area contributed by atoms with Crippen molar-refractivity contribution in [1.82, 2.24) is 0 Å². The van der Waals surface area contributed by atoms with Crippen molar-refractivity contribution in [1.29, 1.82) is 0 Å². The molecular weight excluding hydrogens is 268 g/mol. The van der Waals surface area contributed by atoms with Gasteiger partial charge >= 0.3 is 12.3 Å². The van der Waals surface area contributed by atoms with Gasteiger partial charge in [0, 0.05) is 0 Å². The Bertz CT molecular complexity index is 510. The van der Waals surface area contributed by atoms with Crippen molar-refractivity contribution in [3.63, 3.8) is 0 Å². The number of para-hydroxylation sites is 2. The van der Waals surface area contributed by atoms with E-state index in [0.29, 0.717) is 11.5 Å². The Kier molecular flexibility index (Phi) is 5.21. The molecule has 2 aromatic carbocycles. The topological polar surface area (TPSA) is 44.8 Å². The molecule has 0 fully saturated rings. The predicted molar refractivity (Wildman–Crippen MR) is 79.2 cm³/mol. The lowest BCUT2D eigenvalue weighted by molar-refractivity contribution is -0.169. The molecule has 0 saturated carbocycles. The number of benzene rings is 2. The van der Waals surface area contributed by atoms with Gasteiger partial charge in [0.1, 0.15) is 11.5 Å². The van der Waals surface area contributed by atoms with E-state index in [1.54, 1.807) is 38.1 Å². The maximum atomic E-state index is 12.1. The lowest BCUT2D eigenvalue weighted by Gasteiger charge is -2.20. The smallest absolute Gasteiger partial charge is 0.389 e. The first kappa shape index (κ1) is 14.9. The van der Waals surface area contributed by atoms with Crippen LogP contribution in [-0.4, -0.2) is 18.4 Å². The fraction of sp³-hybridized carbons (Fsp3) is 0.235. The molecule has 0 N–H and O–H groups in total. The van der Waals surface area contributed by atoms with E-state index in [-0.39, 0.29) is 6.10 Å². The summed E-state index contributed by atoms with van der Waals surface area (Å²) in [5, 5.41) is 0. The summed E-state index contributed by atoms with van der Waals surface area (Å²) in [5.74, 6) is 0.524. The zero-order valence-corrected chi connectivity index (χ0v) is 12.1. The second-order valence-electron chi connectivity index (χ2n) is 4.68. The summed E-state index contributed by atoms with van der Waals surface area (Å²) < 4.78 is 16.3. The van der Waals surface area contributed by atoms with Crippen LogP contribution in [0, 0.1) is 0 Å². The van der Waals surface area contributed by atoms with Crippen LogP contribution in [0.1, 0.15) is 13.8 Å². The quantitative estimate of drug-likeness (QED) is 0.603. The van der Waals surface area contributed by atoms with Crippen LogP contribution in [0.4, 0.5) is 0 Å². The second kappa shape index (κ2) is 7.33. The van der Waals surface area contributed by atoms with E-state index in [1.807, 2.05) is 36.4 Å². The predicted octanol–water partition coefficient (Wildman–Crippen LogP) is 3.42. The molecule has 0 aliphatic carbocycles. The summed E-state index contributed by atoms with van der Waals surface area (Å²) >= 11 is 0. The Morgan fingerprint density at radius 2 is 1.24 bits per heavy atom. The molecule has 0 aliphatic heterocycles. The van der Waals surface area contributed by atoms with Crippen molar-refractivity contribution in [2.45, 2.75) is 26.2 Å². The highest BCUT2D eigenvalue weighted by Crippen LogP contribution is 2.17. The fourth-order valence-corrected chi connectivity index (χ4v) is 1.65. The third-order valence-electron chi connectivity index (χ3n) is 2.52. The van der Waals surface area contributed by atoms with Gasteiger partial charge in [0.15, 0.2) is 0 Å². The molecule has 110 valence electrons. The van der Waals surface area contributed by atoms with Crippen molar-refractivity contribution in [2.75, 3.05) is 0 Å². The molecule has 0 heterocycles. The Balaban J connectivity index is 2.12. The maximum absolute atomic E-state index is 12.1. The van der Waals surface area contributed by atoms with Crippen molar-refractivity contribution in [3.05, 3.63) is 60.7 Å². The number of hydrogen-bond donors (Lipinski definition) is 0. The molecule has 0 bridgehead atoms. The molecule has 2 aromatic rings. The van der Waals surface area contributed by atoms with E-state index < -0.39 is 12.3 Å². The molecule has 0 radical (unpaired) electrons. The molecule has 0 aromatic heterocycles. The number of hydrogen-bond acceptors (Lipinski definition) is 4. The highest BCUT2D eigenvalue weighted by Gasteiger charge is 2.25. The molecule has 4 heteroatoms. The van der Waals surface area contributed by atoms with E-state index in [2.05, 4.69) is 0 Å². The van der Waals surface area contributed by atoms with Gasteiger partial charge in [-0.15, -0.1) is 0 Å². The van der Waals surface area contributed by atoms with Crippen LogP contribution in [0.25, 0.3) is 0 Å². The van der Waals surface area contributed by atoms with Crippen molar-refractivity contribution >= 4 is 5.97 Å². The normalized spacial score (nSPS) is 10.5. The molecule has 21 heavy (non-hydrogen) atoms. The third kappa shape index (κ3) is 4.84. The summed E-state index contributed by atoms with van der Waals surface area (Å²) in [4.78, 5) is 12.1. The van der Waals surface area contributed by atoms with Crippen molar-refractivity contribution < 1.29 is 19.0 Å². The number of carbonyl (C=O) groups excluding carboxylic acids is 1. The van der Waals surface area contributed by atoms with E-state index in [1.165, 1.54) is 0 Å². The minimum Gasteiger partial charge on any atom is -0.457 e. The Morgan fingerprint density at radius 1 is 0.810 bits per heavy atom. The molecule has 0 saturated heterocycles. The zero-order valence-electron chi connectivity index (χ0n) is 12.1. The van der Waals surface area contributed by atoms with E-state index in [0.717, 1.165) is 0 Å². The molecule has 4 nitrogen and oxygen atoms in total. The van der Waals surface area contributed by atoms with Crippen LogP contribution >= 0.6 is 0 Å². The van der Waals surface area contributed by atoms with E-state index in [4.69, 9.17) is 14.2 Å². The second-order valence-corrected chi connectivity index (χ2v) is 4.68. The van der Waals surface area contributed by atoms with Crippen LogP contribution in [0.3, 0.4) is 0 Å². The summed E-state index contributed by atoms with van der Waals surface area (Å²) in [7, 11) is 0. The average molecular weight is 286 g/mol. The Labute approximate surface area is 124 Å². The minimum atomic E-state index is -1.14. The van der Waals surface area contributed by atoms with Gasteiger partial charge in [-0.1, -0.05) is 36.4 Å². The minimum absolute atomic E-state index is 0.237. The first-order chi connectivity index (χ1) is 10.1. The van der Waals surface area contributed by atoms with E-state index in [9.17, 15) is 4.79 Å². The molecular formula is C17H18O4. The van der Waals surface area contributed by atoms with Crippen molar-refractivity contribution in [2.24, 2.45) is 0 Å². The van der Waals surface area contributed by atoms with Crippen LogP contribution in [-0.2, 0) is 9.53 Å². The highest BCUT2D eigenvalue weighted by atomic mass is 16.7. The number of rotatable bonds is 6. The molecule has 0 aliphatic rings.